The first-order valence-electron chi connectivity index (χ1n) is 6.10. The molecule has 0 bridgehead atoms. The number of hydrogen-bond acceptors (Lipinski definition) is 3. The number of hydrogen-bond donors (Lipinski definition) is 2. The molecule has 1 heterocycles. The van der Waals surface area contributed by atoms with E-state index in [-0.39, 0.29) is 0 Å². The fourth-order valence-electron chi connectivity index (χ4n) is 1.92. The minimum atomic E-state index is 0.400. The Bertz CT molecular complexity index is 174. The van der Waals surface area contributed by atoms with E-state index >= 15 is 0 Å². The second-order valence-corrected chi connectivity index (χ2v) is 5.94. The first kappa shape index (κ1) is 12.9. The highest BCUT2D eigenvalue weighted by Crippen LogP contribution is 2.10. The Morgan fingerprint density at radius 1 is 1.40 bits per heavy atom. The number of likely N-dealkylation sites (N-methyl/N-ethyl adjacent to an activating group) is 1. The van der Waals surface area contributed by atoms with Gasteiger partial charge in [-0.25, -0.2) is 0 Å². The van der Waals surface area contributed by atoms with Crippen LogP contribution in [0.1, 0.15) is 27.2 Å². The van der Waals surface area contributed by atoms with Gasteiger partial charge in [-0.05, 0) is 32.0 Å². The topological polar surface area (TPSA) is 27.3 Å². The van der Waals surface area contributed by atoms with Crippen molar-refractivity contribution in [1.29, 1.82) is 0 Å². The summed E-state index contributed by atoms with van der Waals surface area (Å²) in [7, 11) is 2.20. The Kier molecular flexibility index (Phi) is 5.03. The van der Waals surface area contributed by atoms with Crippen molar-refractivity contribution < 1.29 is 0 Å². The van der Waals surface area contributed by atoms with Gasteiger partial charge >= 0.3 is 0 Å². The summed E-state index contributed by atoms with van der Waals surface area (Å²) >= 11 is 0. The molecule has 2 N–H and O–H groups in total. The third-order valence-corrected chi connectivity index (χ3v) is 2.78. The van der Waals surface area contributed by atoms with E-state index in [2.05, 4.69) is 43.4 Å². The molecule has 1 aliphatic rings. The molecule has 15 heavy (non-hydrogen) atoms. The van der Waals surface area contributed by atoms with Gasteiger partial charge in [0.1, 0.15) is 0 Å². The maximum Gasteiger partial charge on any atom is 0.0207 e. The number of nitrogens with zero attached hydrogens (tertiary/aromatic N) is 1. The molecule has 1 saturated heterocycles. The largest absolute Gasteiger partial charge is 0.316 e. The molecule has 0 aromatic carbocycles. The van der Waals surface area contributed by atoms with Crippen LogP contribution in [0.3, 0.4) is 0 Å². The lowest BCUT2D eigenvalue weighted by atomic mass is 9.97. The van der Waals surface area contributed by atoms with E-state index in [0.717, 1.165) is 19.6 Å². The molecule has 1 fully saturated rings. The van der Waals surface area contributed by atoms with Crippen LogP contribution in [-0.4, -0.2) is 50.7 Å². The van der Waals surface area contributed by atoms with Gasteiger partial charge in [0.25, 0.3) is 0 Å². The molecule has 0 amide bonds. The van der Waals surface area contributed by atoms with E-state index < -0.39 is 0 Å². The highest BCUT2D eigenvalue weighted by molar-refractivity contribution is 4.77. The average molecular weight is 213 g/mol. The van der Waals surface area contributed by atoms with Crippen molar-refractivity contribution in [3.63, 3.8) is 0 Å². The summed E-state index contributed by atoms with van der Waals surface area (Å²) in [6.45, 7) is 12.6. The SMILES string of the molecule is CN1CCNC(CCNCC(C)(C)C)C1. The molecule has 0 spiro atoms. The number of piperazine rings is 1. The minimum absolute atomic E-state index is 0.400. The van der Waals surface area contributed by atoms with Crippen molar-refractivity contribution in [3.8, 4) is 0 Å². The maximum atomic E-state index is 3.57. The summed E-state index contributed by atoms with van der Waals surface area (Å²) in [5.74, 6) is 0. The monoisotopic (exact) mass is 213 g/mol. The molecule has 1 atom stereocenters. The van der Waals surface area contributed by atoms with Crippen molar-refractivity contribution in [1.82, 2.24) is 15.5 Å². The van der Waals surface area contributed by atoms with E-state index in [1.807, 2.05) is 0 Å². The van der Waals surface area contributed by atoms with Crippen LogP contribution >= 0.6 is 0 Å². The van der Waals surface area contributed by atoms with Crippen molar-refractivity contribution in [2.75, 3.05) is 39.8 Å². The predicted octanol–water partition coefficient (Wildman–Crippen LogP) is 0.916. The molecule has 1 rings (SSSR count). The van der Waals surface area contributed by atoms with E-state index in [1.165, 1.54) is 19.5 Å². The van der Waals surface area contributed by atoms with Crippen LogP contribution in [0.5, 0.6) is 0 Å². The molecule has 3 nitrogen and oxygen atoms in total. The average Bonchev–Trinajstić information content (AvgIpc) is 2.11. The first-order valence-corrected chi connectivity index (χ1v) is 6.10. The Hall–Kier alpha value is -0.120. The highest BCUT2D eigenvalue weighted by Gasteiger charge is 2.16. The van der Waals surface area contributed by atoms with Crippen LogP contribution in [0.4, 0.5) is 0 Å². The Balaban J connectivity index is 2.04. The zero-order chi connectivity index (χ0) is 11.3. The fraction of sp³-hybridized carbons (Fsp3) is 1.00. The van der Waals surface area contributed by atoms with Gasteiger partial charge in [-0.3, -0.25) is 0 Å². The van der Waals surface area contributed by atoms with Crippen molar-refractivity contribution in [2.24, 2.45) is 5.41 Å². The molecule has 0 aromatic heterocycles. The number of nitrogens with one attached hydrogen (secondary N) is 2. The van der Waals surface area contributed by atoms with Crippen molar-refractivity contribution >= 4 is 0 Å². The summed E-state index contributed by atoms with van der Waals surface area (Å²) in [6, 6.07) is 0.677. The summed E-state index contributed by atoms with van der Waals surface area (Å²) in [4.78, 5) is 2.41. The minimum Gasteiger partial charge on any atom is -0.316 e. The molecule has 0 aromatic rings. The van der Waals surface area contributed by atoms with Crippen molar-refractivity contribution in [2.45, 2.75) is 33.2 Å². The standard InChI is InChI=1S/C12H27N3/c1-12(2,3)10-13-6-5-11-9-15(4)8-7-14-11/h11,13-14H,5-10H2,1-4H3. The molecule has 1 unspecified atom stereocenters. The van der Waals surface area contributed by atoms with Gasteiger partial charge in [0, 0.05) is 25.7 Å². The third-order valence-electron chi connectivity index (χ3n) is 2.78. The number of rotatable bonds is 4. The predicted molar refractivity (Wildman–Crippen MR) is 66.2 cm³/mol. The van der Waals surface area contributed by atoms with Gasteiger partial charge in [-0.1, -0.05) is 20.8 Å². The summed E-state index contributed by atoms with van der Waals surface area (Å²) in [5.41, 5.74) is 0.400. The van der Waals surface area contributed by atoms with Gasteiger partial charge in [0.2, 0.25) is 0 Å². The molecular formula is C12H27N3. The molecule has 1 aliphatic heterocycles. The highest BCUT2D eigenvalue weighted by atomic mass is 15.2. The van der Waals surface area contributed by atoms with Crippen LogP contribution in [0.2, 0.25) is 0 Å². The van der Waals surface area contributed by atoms with Crippen LogP contribution in [0, 0.1) is 5.41 Å². The van der Waals surface area contributed by atoms with E-state index in [4.69, 9.17) is 0 Å². The zero-order valence-electron chi connectivity index (χ0n) is 10.8. The van der Waals surface area contributed by atoms with Crippen molar-refractivity contribution in [3.05, 3.63) is 0 Å². The Labute approximate surface area is 94.6 Å². The van der Waals surface area contributed by atoms with E-state index in [1.54, 1.807) is 0 Å². The molecule has 90 valence electrons. The summed E-state index contributed by atoms with van der Waals surface area (Å²) in [5, 5.41) is 7.09. The maximum absolute atomic E-state index is 3.57. The van der Waals surface area contributed by atoms with Crippen LogP contribution in [0.15, 0.2) is 0 Å². The quantitative estimate of drug-likeness (QED) is 0.680. The first-order chi connectivity index (χ1) is 6.97. The molecule has 0 aliphatic carbocycles. The van der Waals surface area contributed by atoms with Crippen LogP contribution in [0.25, 0.3) is 0 Å². The van der Waals surface area contributed by atoms with Crippen LogP contribution < -0.4 is 10.6 Å². The van der Waals surface area contributed by atoms with E-state index in [0.29, 0.717) is 11.5 Å². The second kappa shape index (κ2) is 5.83. The zero-order valence-corrected chi connectivity index (χ0v) is 10.8. The van der Waals surface area contributed by atoms with Gasteiger partial charge < -0.3 is 15.5 Å². The molecule has 0 radical (unpaired) electrons. The van der Waals surface area contributed by atoms with Gasteiger partial charge in [-0.15, -0.1) is 0 Å². The summed E-state index contributed by atoms with van der Waals surface area (Å²) < 4.78 is 0. The van der Waals surface area contributed by atoms with Gasteiger partial charge in [0.05, 0.1) is 0 Å². The second-order valence-electron chi connectivity index (χ2n) is 5.94. The van der Waals surface area contributed by atoms with Gasteiger partial charge in [-0.2, -0.15) is 0 Å². The van der Waals surface area contributed by atoms with Crippen LogP contribution in [-0.2, 0) is 0 Å². The molecule has 0 saturated carbocycles. The van der Waals surface area contributed by atoms with Gasteiger partial charge in [0.15, 0.2) is 0 Å². The lowest BCUT2D eigenvalue weighted by Gasteiger charge is -2.31. The normalized spacial score (nSPS) is 24.4. The summed E-state index contributed by atoms with van der Waals surface area (Å²) in [6.07, 6.45) is 1.24. The third kappa shape index (κ3) is 6.13. The molecular weight excluding hydrogens is 186 g/mol. The fourth-order valence-corrected chi connectivity index (χ4v) is 1.92. The van der Waals surface area contributed by atoms with E-state index in [9.17, 15) is 0 Å². The lowest BCUT2D eigenvalue weighted by molar-refractivity contribution is 0.229. The Morgan fingerprint density at radius 3 is 2.73 bits per heavy atom. The smallest absolute Gasteiger partial charge is 0.0207 e. The Morgan fingerprint density at radius 2 is 2.13 bits per heavy atom. The lowest BCUT2D eigenvalue weighted by Crippen LogP contribution is -2.50. The molecule has 3 heteroatoms.